The summed E-state index contributed by atoms with van der Waals surface area (Å²) in [5.74, 6) is 0.250. The molecule has 0 aromatic heterocycles. The molecule has 0 saturated carbocycles. The average molecular weight is 254 g/mol. The SMILES string of the molecule is CC(CCNC(=O)C(C)(C)CCl)S(C)=O. The first kappa shape index (κ1) is 14.9. The Morgan fingerprint density at radius 1 is 1.53 bits per heavy atom. The number of hydrogen-bond donors (Lipinski definition) is 1. The van der Waals surface area contributed by atoms with Gasteiger partial charge < -0.3 is 5.32 Å². The highest BCUT2D eigenvalue weighted by Gasteiger charge is 2.25. The fourth-order valence-corrected chi connectivity index (χ4v) is 1.43. The van der Waals surface area contributed by atoms with E-state index in [-0.39, 0.29) is 11.2 Å². The van der Waals surface area contributed by atoms with Gasteiger partial charge in [-0.1, -0.05) is 6.92 Å². The molecule has 0 bridgehead atoms. The monoisotopic (exact) mass is 253 g/mol. The summed E-state index contributed by atoms with van der Waals surface area (Å²) in [5.41, 5.74) is -0.532. The molecule has 0 aliphatic heterocycles. The second-order valence-electron chi connectivity index (χ2n) is 4.37. The summed E-state index contributed by atoms with van der Waals surface area (Å²) in [6, 6.07) is 0. The van der Waals surface area contributed by atoms with Crippen molar-refractivity contribution in [3.8, 4) is 0 Å². The van der Waals surface area contributed by atoms with Crippen LogP contribution in [0.2, 0.25) is 0 Å². The smallest absolute Gasteiger partial charge is 0.226 e. The molecule has 0 aliphatic rings. The zero-order valence-corrected chi connectivity index (χ0v) is 11.4. The molecule has 0 aromatic carbocycles. The van der Waals surface area contributed by atoms with Gasteiger partial charge in [0.1, 0.15) is 0 Å². The van der Waals surface area contributed by atoms with Crippen molar-refractivity contribution in [2.45, 2.75) is 32.4 Å². The number of carbonyl (C=O) groups is 1. The van der Waals surface area contributed by atoms with Gasteiger partial charge in [-0.15, -0.1) is 11.6 Å². The van der Waals surface area contributed by atoms with Crippen LogP contribution in [0.15, 0.2) is 0 Å². The third-order valence-corrected chi connectivity index (χ3v) is 4.39. The number of halogens is 1. The maximum absolute atomic E-state index is 11.6. The van der Waals surface area contributed by atoms with Crippen LogP contribution in [0, 0.1) is 5.41 Å². The van der Waals surface area contributed by atoms with E-state index in [0.29, 0.717) is 12.4 Å². The summed E-state index contributed by atoms with van der Waals surface area (Å²) in [6.07, 6.45) is 2.41. The molecule has 0 aliphatic carbocycles. The van der Waals surface area contributed by atoms with Crippen molar-refractivity contribution in [3.63, 3.8) is 0 Å². The van der Waals surface area contributed by atoms with Crippen LogP contribution in [0.1, 0.15) is 27.2 Å². The minimum absolute atomic E-state index is 0.0495. The van der Waals surface area contributed by atoms with Gasteiger partial charge in [0.2, 0.25) is 5.91 Å². The predicted octanol–water partition coefficient (Wildman–Crippen LogP) is 1.52. The molecule has 0 aromatic rings. The van der Waals surface area contributed by atoms with E-state index >= 15 is 0 Å². The van der Waals surface area contributed by atoms with Crippen LogP contribution in [0.25, 0.3) is 0 Å². The Bertz CT molecular complexity index is 244. The Balaban J connectivity index is 3.88. The van der Waals surface area contributed by atoms with E-state index < -0.39 is 16.2 Å². The van der Waals surface area contributed by atoms with Crippen molar-refractivity contribution in [1.82, 2.24) is 5.32 Å². The molecular weight excluding hydrogens is 234 g/mol. The second-order valence-corrected chi connectivity index (χ2v) is 6.44. The predicted molar refractivity (Wildman–Crippen MR) is 65.7 cm³/mol. The molecule has 0 heterocycles. The molecule has 0 fully saturated rings. The number of alkyl halides is 1. The van der Waals surface area contributed by atoms with Gasteiger partial charge in [-0.05, 0) is 20.3 Å². The number of hydrogen-bond acceptors (Lipinski definition) is 2. The molecule has 5 heteroatoms. The van der Waals surface area contributed by atoms with Gasteiger partial charge >= 0.3 is 0 Å². The summed E-state index contributed by atoms with van der Waals surface area (Å²) >= 11 is 5.67. The van der Waals surface area contributed by atoms with Crippen molar-refractivity contribution in [3.05, 3.63) is 0 Å². The summed E-state index contributed by atoms with van der Waals surface area (Å²) in [6.45, 7) is 6.07. The van der Waals surface area contributed by atoms with Gasteiger partial charge in [-0.2, -0.15) is 0 Å². The highest BCUT2D eigenvalue weighted by atomic mass is 35.5. The Labute approximate surface area is 99.4 Å². The van der Waals surface area contributed by atoms with Crippen molar-refractivity contribution in [2.75, 3.05) is 18.7 Å². The van der Waals surface area contributed by atoms with E-state index in [1.165, 1.54) is 0 Å². The Hall–Kier alpha value is -0.0900. The van der Waals surface area contributed by atoms with Crippen molar-refractivity contribution >= 4 is 28.3 Å². The van der Waals surface area contributed by atoms with Crippen LogP contribution in [-0.4, -0.2) is 34.0 Å². The van der Waals surface area contributed by atoms with Crippen LogP contribution in [0.3, 0.4) is 0 Å². The van der Waals surface area contributed by atoms with E-state index in [9.17, 15) is 9.00 Å². The van der Waals surface area contributed by atoms with Crippen LogP contribution in [0.4, 0.5) is 0 Å². The van der Waals surface area contributed by atoms with Gasteiger partial charge in [-0.25, -0.2) is 0 Å². The highest BCUT2D eigenvalue weighted by molar-refractivity contribution is 7.84. The van der Waals surface area contributed by atoms with Gasteiger partial charge in [-0.3, -0.25) is 9.00 Å². The lowest BCUT2D eigenvalue weighted by atomic mass is 9.95. The molecule has 90 valence electrons. The Morgan fingerprint density at radius 2 is 2.07 bits per heavy atom. The number of carbonyl (C=O) groups excluding carboxylic acids is 1. The largest absolute Gasteiger partial charge is 0.356 e. The Morgan fingerprint density at radius 3 is 2.47 bits per heavy atom. The maximum atomic E-state index is 11.6. The first-order valence-electron chi connectivity index (χ1n) is 4.97. The summed E-state index contributed by atoms with van der Waals surface area (Å²) in [5, 5.41) is 2.92. The zero-order valence-electron chi connectivity index (χ0n) is 9.80. The molecule has 2 unspecified atom stereocenters. The van der Waals surface area contributed by atoms with Crippen LogP contribution in [0.5, 0.6) is 0 Å². The molecule has 0 spiro atoms. The topological polar surface area (TPSA) is 46.2 Å². The molecule has 1 amide bonds. The first-order chi connectivity index (χ1) is 6.81. The van der Waals surface area contributed by atoms with Gasteiger partial charge in [0.15, 0.2) is 0 Å². The fraction of sp³-hybridized carbons (Fsp3) is 0.900. The fourth-order valence-electron chi connectivity index (χ4n) is 0.855. The molecule has 15 heavy (non-hydrogen) atoms. The molecule has 1 N–H and O–H groups in total. The second kappa shape index (κ2) is 6.48. The average Bonchev–Trinajstić information content (AvgIpc) is 2.17. The highest BCUT2D eigenvalue weighted by Crippen LogP contribution is 2.16. The standard InChI is InChI=1S/C10H20ClNO2S/c1-8(15(4)14)5-6-12-9(13)10(2,3)7-11/h8H,5-7H2,1-4H3,(H,12,13). The molecule has 0 saturated heterocycles. The number of nitrogens with one attached hydrogen (secondary N) is 1. The minimum atomic E-state index is -0.825. The molecule has 0 radical (unpaired) electrons. The number of amides is 1. The lowest BCUT2D eigenvalue weighted by Gasteiger charge is -2.20. The third kappa shape index (κ3) is 5.52. The third-order valence-electron chi connectivity index (χ3n) is 2.35. The quantitative estimate of drug-likeness (QED) is 0.730. The zero-order chi connectivity index (χ0) is 12.1. The van der Waals surface area contributed by atoms with E-state index in [1.807, 2.05) is 6.92 Å². The van der Waals surface area contributed by atoms with Crippen molar-refractivity contribution < 1.29 is 9.00 Å². The van der Waals surface area contributed by atoms with E-state index in [1.54, 1.807) is 20.1 Å². The molecule has 0 rings (SSSR count). The molecule has 3 nitrogen and oxygen atoms in total. The van der Waals surface area contributed by atoms with Crippen molar-refractivity contribution in [1.29, 1.82) is 0 Å². The van der Waals surface area contributed by atoms with Crippen LogP contribution >= 0.6 is 11.6 Å². The van der Waals surface area contributed by atoms with E-state index in [2.05, 4.69) is 5.32 Å². The summed E-state index contributed by atoms with van der Waals surface area (Å²) < 4.78 is 11.0. The summed E-state index contributed by atoms with van der Waals surface area (Å²) in [7, 11) is -0.825. The number of rotatable bonds is 6. The molecule has 2 atom stereocenters. The van der Waals surface area contributed by atoms with Gasteiger partial charge in [0, 0.05) is 34.7 Å². The van der Waals surface area contributed by atoms with Crippen LogP contribution in [-0.2, 0) is 15.6 Å². The Kier molecular flexibility index (Phi) is 6.44. The maximum Gasteiger partial charge on any atom is 0.226 e. The molecular formula is C10H20ClNO2S. The lowest BCUT2D eigenvalue weighted by Crippen LogP contribution is -2.39. The van der Waals surface area contributed by atoms with Gasteiger partial charge in [0.05, 0.1) is 5.41 Å². The van der Waals surface area contributed by atoms with Crippen LogP contribution < -0.4 is 5.32 Å². The van der Waals surface area contributed by atoms with E-state index in [0.717, 1.165) is 6.42 Å². The lowest BCUT2D eigenvalue weighted by molar-refractivity contribution is -0.128. The first-order valence-corrected chi connectivity index (χ1v) is 7.13. The van der Waals surface area contributed by atoms with Gasteiger partial charge in [0.25, 0.3) is 0 Å². The van der Waals surface area contributed by atoms with Crippen molar-refractivity contribution in [2.24, 2.45) is 5.41 Å². The minimum Gasteiger partial charge on any atom is -0.356 e. The summed E-state index contributed by atoms with van der Waals surface area (Å²) in [4.78, 5) is 11.6. The van der Waals surface area contributed by atoms with E-state index in [4.69, 9.17) is 11.6 Å². The normalized spacial score (nSPS) is 15.8.